The van der Waals surface area contributed by atoms with E-state index in [2.05, 4.69) is 23.3 Å². The van der Waals surface area contributed by atoms with Gasteiger partial charge in [-0.2, -0.15) is 0 Å². The van der Waals surface area contributed by atoms with E-state index in [1.807, 2.05) is 0 Å². The van der Waals surface area contributed by atoms with Crippen LogP contribution in [0.2, 0.25) is 0 Å². The van der Waals surface area contributed by atoms with E-state index in [0.717, 1.165) is 13.8 Å². The van der Waals surface area contributed by atoms with Crippen LogP contribution in [0.1, 0.15) is 34.1 Å². The van der Waals surface area contributed by atoms with Crippen molar-refractivity contribution in [2.24, 2.45) is 0 Å². The predicted molar refractivity (Wildman–Crippen MR) is 63.9 cm³/mol. The van der Waals surface area contributed by atoms with Crippen LogP contribution < -0.4 is 0 Å². The Morgan fingerprint density at radius 2 is 1.58 bits per heavy atom. The summed E-state index contributed by atoms with van der Waals surface area (Å²) in [5.74, 6) is -2.40. The Hall–Kier alpha value is -1.22. The van der Waals surface area contributed by atoms with Crippen molar-refractivity contribution in [3.63, 3.8) is 0 Å². The number of carbonyl (C=O) groups excluding carboxylic acids is 1. The molecule has 0 bridgehead atoms. The van der Waals surface area contributed by atoms with Gasteiger partial charge in [-0.25, -0.2) is 4.79 Å². The van der Waals surface area contributed by atoms with E-state index in [1.54, 1.807) is 0 Å². The van der Waals surface area contributed by atoms with Gasteiger partial charge in [0.2, 0.25) is 6.29 Å². The molecule has 0 aliphatic rings. The molecule has 114 valence electrons. The van der Waals surface area contributed by atoms with Gasteiger partial charge in [-0.05, 0) is 6.92 Å². The molecule has 0 saturated carbocycles. The molecule has 0 aromatic heterocycles. The van der Waals surface area contributed by atoms with E-state index in [9.17, 15) is 9.59 Å². The van der Waals surface area contributed by atoms with Gasteiger partial charge in [0.25, 0.3) is 6.29 Å². The highest BCUT2D eigenvalue weighted by molar-refractivity contribution is 5.73. The second-order valence-corrected chi connectivity index (χ2v) is 3.73. The number of rotatable bonds is 6. The molecule has 8 nitrogen and oxygen atoms in total. The molecule has 4 N–H and O–H groups in total. The number of esters is 1. The Morgan fingerprint density at radius 1 is 1.16 bits per heavy atom. The van der Waals surface area contributed by atoms with Gasteiger partial charge < -0.3 is 29.9 Å². The Balaban J connectivity index is 0. The highest BCUT2D eigenvalue weighted by Crippen LogP contribution is 2.08. The normalized spacial score (nSPS) is 14.9. The van der Waals surface area contributed by atoms with Gasteiger partial charge in [0.15, 0.2) is 6.10 Å². The third-order valence-electron chi connectivity index (χ3n) is 1.49. The fourth-order valence-electron chi connectivity index (χ4n) is 0.845. The van der Waals surface area contributed by atoms with Crippen LogP contribution in [0, 0.1) is 0 Å². The Kier molecular flexibility index (Phi) is 11.3. The van der Waals surface area contributed by atoms with Crippen molar-refractivity contribution in [2.45, 2.75) is 58.9 Å². The molecular formula is C11H22O8. The molecule has 8 heteroatoms. The summed E-state index contributed by atoms with van der Waals surface area (Å²) in [6.07, 6.45) is -5.96. The maximum atomic E-state index is 10.6. The van der Waals surface area contributed by atoms with Crippen LogP contribution in [0.3, 0.4) is 0 Å². The number of aliphatic hydroxyl groups is 3. The molecule has 0 fully saturated rings. The van der Waals surface area contributed by atoms with E-state index in [4.69, 9.17) is 20.4 Å². The topological polar surface area (TPSA) is 134 Å². The van der Waals surface area contributed by atoms with Crippen LogP contribution in [0.4, 0.5) is 0 Å². The lowest BCUT2D eigenvalue weighted by atomic mass is 10.2. The first-order chi connectivity index (χ1) is 8.67. The standard InChI is InChI=1S/C8H14O8.C3H8/c1-3(9)5(6(11)12)16-8(7(13)14)15-4(2)10;1-3-2/h3,5,7-9,13-14H,1-2H3,(H,11,12);3H2,1-2H3. The molecule has 0 spiro atoms. The molecule has 0 aliphatic carbocycles. The van der Waals surface area contributed by atoms with Crippen molar-refractivity contribution in [3.8, 4) is 0 Å². The fourth-order valence-corrected chi connectivity index (χ4v) is 0.845. The maximum absolute atomic E-state index is 10.6. The van der Waals surface area contributed by atoms with Gasteiger partial charge in [0, 0.05) is 6.92 Å². The Morgan fingerprint density at radius 3 is 1.79 bits per heavy atom. The zero-order valence-corrected chi connectivity index (χ0v) is 11.4. The van der Waals surface area contributed by atoms with Crippen LogP contribution >= 0.6 is 0 Å². The second kappa shape index (κ2) is 10.7. The lowest BCUT2D eigenvalue weighted by molar-refractivity contribution is -0.267. The Labute approximate surface area is 111 Å². The van der Waals surface area contributed by atoms with Crippen LogP contribution in [0.25, 0.3) is 0 Å². The van der Waals surface area contributed by atoms with Crippen molar-refractivity contribution in [2.75, 3.05) is 0 Å². The molecule has 3 atom stereocenters. The first kappa shape index (κ1) is 20.1. The fraction of sp³-hybridized carbons (Fsp3) is 0.818. The minimum Gasteiger partial charge on any atom is -0.479 e. The predicted octanol–water partition coefficient (Wildman–Crippen LogP) is -0.547. The molecule has 0 heterocycles. The van der Waals surface area contributed by atoms with Gasteiger partial charge in [0.1, 0.15) is 0 Å². The number of aliphatic carboxylic acids is 1. The van der Waals surface area contributed by atoms with Gasteiger partial charge in [0.05, 0.1) is 6.10 Å². The SMILES string of the molecule is CC(=O)OC(OC(C(=O)O)C(C)O)C(O)O.CCC. The monoisotopic (exact) mass is 282 g/mol. The molecule has 0 saturated heterocycles. The minimum atomic E-state index is -2.20. The lowest BCUT2D eigenvalue weighted by Crippen LogP contribution is -2.43. The highest BCUT2D eigenvalue weighted by Gasteiger charge is 2.32. The third-order valence-corrected chi connectivity index (χ3v) is 1.49. The number of carboxylic acid groups (broad SMARTS) is 1. The summed E-state index contributed by atoms with van der Waals surface area (Å²) >= 11 is 0. The molecule has 0 amide bonds. The van der Waals surface area contributed by atoms with Crippen LogP contribution in [0.5, 0.6) is 0 Å². The van der Waals surface area contributed by atoms with E-state index in [-0.39, 0.29) is 0 Å². The Bertz CT molecular complexity index is 263. The first-order valence-electron chi connectivity index (χ1n) is 5.76. The summed E-state index contributed by atoms with van der Waals surface area (Å²) in [4.78, 5) is 21.1. The molecule has 0 radical (unpaired) electrons. The minimum absolute atomic E-state index is 0.882. The van der Waals surface area contributed by atoms with E-state index in [0.29, 0.717) is 0 Å². The molecule has 3 unspecified atom stereocenters. The van der Waals surface area contributed by atoms with Crippen molar-refractivity contribution in [3.05, 3.63) is 0 Å². The van der Waals surface area contributed by atoms with Crippen LogP contribution in [-0.4, -0.2) is 57.2 Å². The number of hydrogen-bond donors (Lipinski definition) is 4. The van der Waals surface area contributed by atoms with E-state index >= 15 is 0 Å². The van der Waals surface area contributed by atoms with E-state index in [1.165, 1.54) is 6.42 Å². The molecule has 0 aromatic rings. The van der Waals surface area contributed by atoms with Gasteiger partial charge in [-0.15, -0.1) is 0 Å². The van der Waals surface area contributed by atoms with Gasteiger partial charge in [-0.1, -0.05) is 20.3 Å². The van der Waals surface area contributed by atoms with Gasteiger partial charge in [-0.3, -0.25) is 4.79 Å². The average molecular weight is 282 g/mol. The lowest BCUT2D eigenvalue weighted by Gasteiger charge is -2.24. The summed E-state index contributed by atoms with van der Waals surface area (Å²) in [5, 5.41) is 35.2. The average Bonchev–Trinajstić information content (AvgIpc) is 2.23. The maximum Gasteiger partial charge on any atom is 0.335 e. The number of aliphatic hydroxyl groups excluding tert-OH is 2. The number of carbonyl (C=O) groups is 2. The van der Waals surface area contributed by atoms with Crippen molar-refractivity contribution >= 4 is 11.9 Å². The first-order valence-corrected chi connectivity index (χ1v) is 5.76. The highest BCUT2D eigenvalue weighted by atomic mass is 16.7. The summed E-state index contributed by atoms with van der Waals surface area (Å²) in [6.45, 7) is 6.37. The molecule has 0 aliphatic heterocycles. The molecule has 0 rings (SSSR count). The largest absolute Gasteiger partial charge is 0.479 e. The number of carboxylic acids is 1. The van der Waals surface area contributed by atoms with E-state index < -0.39 is 36.7 Å². The molecule has 0 aromatic carbocycles. The zero-order chi connectivity index (χ0) is 15.6. The van der Waals surface area contributed by atoms with Crippen LogP contribution in [0.15, 0.2) is 0 Å². The summed E-state index contributed by atoms with van der Waals surface area (Å²) in [7, 11) is 0. The quantitative estimate of drug-likeness (QED) is 0.377. The summed E-state index contributed by atoms with van der Waals surface area (Å²) in [6, 6.07) is 0. The van der Waals surface area contributed by atoms with Crippen molar-refractivity contribution in [1.29, 1.82) is 0 Å². The smallest absolute Gasteiger partial charge is 0.335 e. The third kappa shape index (κ3) is 10.4. The molecule has 19 heavy (non-hydrogen) atoms. The van der Waals surface area contributed by atoms with Crippen LogP contribution in [-0.2, 0) is 19.1 Å². The molecular weight excluding hydrogens is 260 g/mol. The number of hydrogen-bond acceptors (Lipinski definition) is 7. The zero-order valence-electron chi connectivity index (χ0n) is 11.4. The summed E-state index contributed by atoms with van der Waals surface area (Å²) < 4.78 is 8.86. The number of ether oxygens (including phenoxy) is 2. The van der Waals surface area contributed by atoms with Crippen molar-refractivity contribution < 1.29 is 39.5 Å². The van der Waals surface area contributed by atoms with Gasteiger partial charge >= 0.3 is 11.9 Å². The second-order valence-electron chi connectivity index (χ2n) is 3.73. The summed E-state index contributed by atoms with van der Waals surface area (Å²) in [5.41, 5.74) is 0. The van der Waals surface area contributed by atoms with Crippen molar-refractivity contribution in [1.82, 2.24) is 0 Å².